The number of fused-ring (bicyclic) bond motifs is 1. The molecule has 0 fully saturated rings. The van der Waals surface area contributed by atoms with Crippen LogP contribution in [0.5, 0.6) is 0 Å². The molecule has 0 bridgehead atoms. The number of aromatic nitrogens is 1. The van der Waals surface area contributed by atoms with Crippen LogP contribution in [0, 0.1) is 5.82 Å². The number of carbonyl (C=O) groups excluding carboxylic acids is 1. The molecule has 0 aliphatic carbocycles. The fourth-order valence-electron chi connectivity index (χ4n) is 3.28. The molecule has 4 nitrogen and oxygen atoms in total. The van der Waals surface area contributed by atoms with Crippen molar-refractivity contribution in [3.05, 3.63) is 65.1 Å². The molecule has 1 aliphatic heterocycles. The smallest absolute Gasteiger partial charge is 0.361 e. The average Bonchev–Trinajstić information content (AvgIpc) is 3.32. The van der Waals surface area contributed by atoms with Gasteiger partial charge in [0.15, 0.2) is 5.13 Å². The minimum absolute atomic E-state index is 0.0306. The monoisotopic (exact) mass is 435 g/mol. The van der Waals surface area contributed by atoms with Crippen molar-refractivity contribution in [1.82, 2.24) is 4.98 Å². The summed E-state index contributed by atoms with van der Waals surface area (Å²) in [4.78, 5) is 16.4. The predicted octanol–water partition coefficient (Wildman–Crippen LogP) is 5.51. The maximum absolute atomic E-state index is 14.7. The second-order valence-electron chi connectivity index (χ2n) is 6.93. The molecule has 30 heavy (non-hydrogen) atoms. The van der Waals surface area contributed by atoms with Crippen LogP contribution in [-0.2, 0) is 23.8 Å². The Hall–Kier alpha value is -2.94. The summed E-state index contributed by atoms with van der Waals surface area (Å²) in [6, 6.07) is 8.46. The van der Waals surface area contributed by atoms with Crippen LogP contribution in [0.2, 0.25) is 0 Å². The van der Waals surface area contributed by atoms with Gasteiger partial charge in [-0.05, 0) is 42.7 Å². The summed E-state index contributed by atoms with van der Waals surface area (Å²) in [5.74, 6) is -0.635. The van der Waals surface area contributed by atoms with E-state index in [1.165, 1.54) is 23.5 Å². The zero-order valence-corrected chi connectivity index (χ0v) is 16.5. The summed E-state index contributed by atoms with van der Waals surface area (Å²) in [6.07, 6.45) is -1.38. The van der Waals surface area contributed by atoms with Crippen molar-refractivity contribution < 1.29 is 22.4 Å². The highest BCUT2D eigenvalue weighted by Gasteiger charge is 2.29. The third kappa shape index (κ3) is 4.30. The molecule has 0 atom stereocenters. The van der Waals surface area contributed by atoms with Gasteiger partial charge in [0.25, 0.3) is 0 Å². The zero-order valence-electron chi connectivity index (χ0n) is 15.6. The number of amides is 1. The Labute approximate surface area is 174 Å². The van der Waals surface area contributed by atoms with E-state index in [4.69, 9.17) is 0 Å². The van der Waals surface area contributed by atoms with Crippen LogP contribution in [-0.4, -0.2) is 17.4 Å². The Morgan fingerprint density at radius 3 is 2.63 bits per heavy atom. The Kier molecular flexibility index (Phi) is 5.46. The standard InChI is InChI=1S/C21H17F4N3OS/c22-19-14(7-8-16-15(19)10-18(29)28-16)17-11-27-20(30-17)26-9-1-2-12-3-5-13(6-4-12)21(23,24)25/h3-8,11H,1-2,9-10H2,(H,26,27)(H,28,29). The largest absolute Gasteiger partial charge is 0.416 e. The lowest BCUT2D eigenvalue weighted by molar-refractivity contribution is -0.137. The molecule has 0 unspecified atom stereocenters. The lowest BCUT2D eigenvalue weighted by Crippen LogP contribution is -2.05. The highest BCUT2D eigenvalue weighted by atomic mass is 32.1. The number of anilines is 2. The van der Waals surface area contributed by atoms with Gasteiger partial charge in [0.2, 0.25) is 5.91 Å². The van der Waals surface area contributed by atoms with Crippen molar-refractivity contribution in [3.63, 3.8) is 0 Å². The molecule has 4 rings (SSSR count). The van der Waals surface area contributed by atoms with Gasteiger partial charge in [0.05, 0.1) is 16.9 Å². The summed E-state index contributed by atoms with van der Waals surface area (Å²) in [6.45, 7) is 0.582. The van der Waals surface area contributed by atoms with Crippen molar-refractivity contribution in [3.8, 4) is 10.4 Å². The minimum atomic E-state index is -4.33. The maximum Gasteiger partial charge on any atom is 0.416 e. The topological polar surface area (TPSA) is 54.0 Å². The SMILES string of the molecule is O=C1Cc2c(ccc(-c3cnc(NCCCc4ccc(C(F)(F)F)cc4)s3)c2F)N1. The number of hydrogen-bond donors (Lipinski definition) is 2. The molecule has 0 radical (unpaired) electrons. The summed E-state index contributed by atoms with van der Waals surface area (Å²) < 4.78 is 52.5. The summed E-state index contributed by atoms with van der Waals surface area (Å²) >= 11 is 1.30. The Balaban J connectivity index is 1.33. The molecule has 0 spiro atoms. The van der Waals surface area contributed by atoms with Gasteiger partial charge in [0.1, 0.15) is 5.82 Å². The van der Waals surface area contributed by atoms with Crippen LogP contribution in [0.1, 0.15) is 23.1 Å². The first-order valence-corrected chi connectivity index (χ1v) is 10.1. The summed E-state index contributed by atoms with van der Waals surface area (Å²) in [5, 5.41) is 6.41. The molecule has 1 aliphatic rings. The molecule has 0 saturated heterocycles. The number of nitrogens with zero attached hydrogens (tertiary/aromatic N) is 1. The van der Waals surface area contributed by atoms with Crippen LogP contribution in [0.25, 0.3) is 10.4 Å². The van der Waals surface area contributed by atoms with E-state index in [1.54, 1.807) is 18.3 Å². The van der Waals surface area contributed by atoms with Gasteiger partial charge in [-0.1, -0.05) is 23.5 Å². The number of benzene rings is 2. The normalized spacial score (nSPS) is 13.3. The first kappa shape index (κ1) is 20.3. The molecular weight excluding hydrogens is 418 g/mol. The van der Waals surface area contributed by atoms with Gasteiger partial charge in [-0.2, -0.15) is 13.2 Å². The zero-order chi connectivity index (χ0) is 21.3. The van der Waals surface area contributed by atoms with Crippen LogP contribution < -0.4 is 10.6 Å². The molecule has 156 valence electrons. The van der Waals surface area contributed by atoms with Gasteiger partial charge < -0.3 is 10.6 Å². The van der Waals surface area contributed by atoms with Crippen molar-refractivity contribution in [2.24, 2.45) is 0 Å². The van der Waals surface area contributed by atoms with E-state index < -0.39 is 17.6 Å². The van der Waals surface area contributed by atoms with Crippen LogP contribution in [0.4, 0.5) is 28.4 Å². The predicted molar refractivity (Wildman–Crippen MR) is 108 cm³/mol. The van der Waals surface area contributed by atoms with Crippen molar-refractivity contribution in [2.75, 3.05) is 17.2 Å². The lowest BCUT2D eigenvalue weighted by atomic mass is 10.1. The van der Waals surface area contributed by atoms with E-state index in [-0.39, 0.29) is 12.3 Å². The Morgan fingerprint density at radius 2 is 1.90 bits per heavy atom. The Morgan fingerprint density at radius 1 is 1.13 bits per heavy atom. The van der Waals surface area contributed by atoms with E-state index in [0.29, 0.717) is 46.2 Å². The van der Waals surface area contributed by atoms with E-state index in [2.05, 4.69) is 15.6 Å². The number of nitrogens with one attached hydrogen (secondary N) is 2. The number of thiazole rings is 1. The highest BCUT2D eigenvalue weighted by molar-refractivity contribution is 7.18. The van der Waals surface area contributed by atoms with Gasteiger partial charge >= 0.3 is 6.18 Å². The first-order chi connectivity index (χ1) is 14.3. The highest BCUT2D eigenvalue weighted by Crippen LogP contribution is 2.36. The molecule has 2 N–H and O–H groups in total. The van der Waals surface area contributed by atoms with E-state index in [1.807, 2.05) is 0 Å². The lowest BCUT2D eigenvalue weighted by Gasteiger charge is -2.08. The third-order valence-electron chi connectivity index (χ3n) is 4.83. The van der Waals surface area contributed by atoms with Crippen LogP contribution in [0.3, 0.4) is 0 Å². The first-order valence-electron chi connectivity index (χ1n) is 9.29. The van der Waals surface area contributed by atoms with Crippen molar-refractivity contribution in [1.29, 1.82) is 0 Å². The number of rotatable bonds is 6. The van der Waals surface area contributed by atoms with Gasteiger partial charge in [0, 0.05) is 29.6 Å². The number of halogens is 4. The molecular formula is C21H17F4N3OS. The molecule has 3 aromatic rings. The second kappa shape index (κ2) is 8.06. The minimum Gasteiger partial charge on any atom is -0.361 e. The molecule has 1 aromatic heterocycles. The van der Waals surface area contributed by atoms with Crippen LogP contribution >= 0.6 is 11.3 Å². The molecule has 0 saturated carbocycles. The average molecular weight is 435 g/mol. The number of hydrogen-bond acceptors (Lipinski definition) is 4. The summed E-state index contributed by atoms with van der Waals surface area (Å²) in [5.41, 5.74) is 1.46. The fraction of sp³-hybridized carbons (Fsp3) is 0.238. The van der Waals surface area contributed by atoms with Gasteiger partial charge in [-0.3, -0.25) is 4.79 Å². The third-order valence-corrected chi connectivity index (χ3v) is 5.81. The van der Waals surface area contributed by atoms with Crippen LogP contribution in [0.15, 0.2) is 42.6 Å². The molecule has 1 amide bonds. The van der Waals surface area contributed by atoms with E-state index in [9.17, 15) is 22.4 Å². The Bertz CT molecular complexity index is 1080. The number of carbonyl (C=O) groups is 1. The quantitative estimate of drug-likeness (QED) is 0.397. The summed E-state index contributed by atoms with van der Waals surface area (Å²) in [7, 11) is 0. The fourth-order valence-corrected chi connectivity index (χ4v) is 4.15. The molecule has 2 aromatic carbocycles. The number of alkyl halides is 3. The number of aryl methyl sites for hydroxylation is 1. The maximum atomic E-state index is 14.7. The van der Waals surface area contributed by atoms with Crippen molar-refractivity contribution in [2.45, 2.75) is 25.4 Å². The second-order valence-corrected chi connectivity index (χ2v) is 7.96. The van der Waals surface area contributed by atoms with Gasteiger partial charge in [-0.15, -0.1) is 0 Å². The molecule has 9 heteroatoms. The van der Waals surface area contributed by atoms with Crippen molar-refractivity contribution >= 4 is 28.1 Å². The molecule has 2 heterocycles. The van der Waals surface area contributed by atoms with E-state index >= 15 is 0 Å². The van der Waals surface area contributed by atoms with E-state index in [0.717, 1.165) is 17.7 Å². The van der Waals surface area contributed by atoms with Gasteiger partial charge in [-0.25, -0.2) is 9.37 Å².